The quantitative estimate of drug-likeness (QED) is 0.826. The van der Waals surface area contributed by atoms with Crippen LogP contribution >= 0.6 is 0 Å². The molecule has 1 N–H and O–H groups in total. The Balaban J connectivity index is 1.99. The van der Waals surface area contributed by atoms with Crippen molar-refractivity contribution in [2.45, 2.75) is 26.7 Å². The molecule has 19 heavy (non-hydrogen) atoms. The molecule has 1 fully saturated rings. The van der Waals surface area contributed by atoms with E-state index in [1.807, 2.05) is 4.90 Å². The third kappa shape index (κ3) is 3.44. The molecule has 2 nitrogen and oxygen atoms in total. The zero-order valence-electron chi connectivity index (χ0n) is 11.7. The van der Waals surface area contributed by atoms with E-state index in [0.717, 1.165) is 39.0 Å². The highest BCUT2D eigenvalue weighted by molar-refractivity contribution is 5.50. The van der Waals surface area contributed by atoms with Crippen LogP contribution in [0, 0.1) is 24.5 Å². The normalized spacial score (nSPS) is 19.2. The molecular weight excluding hydrogens is 246 g/mol. The van der Waals surface area contributed by atoms with Gasteiger partial charge in [-0.05, 0) is 50.4 Å². The van der Waals surface area contributed by atoms with Crippen molar-refractivity contribution in [3.05, 3.63) is 29.3 Å². The van der Waals surface area contributed by atoms with Crippen LogP contribution in [0.25, 0.3) is 0 Å². The zero-order valence-corrected chi connectivity index (χ0v) is 11.7. The summed E-state index contributed by atoms with van der Waals surface area (Å²) in [5.74, 6) is -0.125. The number of anilines is 1. The largest absolute Gasteiger partial charge is 0.369 e. The maximum atomic E-state index is 13.9. The minimum Gasteiger partial charge on any atom is -0.369 e. The number of aryl methyl sites for hydroxylation is 1. The van der Waals surface area contributed by atoms with Crippen LogP contribution in [-0.4, -0.2) is 26.2 Å². The topological polar surface area (TPSA) is 15.3 Å². The second-order valence-electron chi connectivity index (χ2n) is 5.36. The van der Waals surface area contributed by atoms with E-state index in [1.54, 1.807) is 6.92 Å². The molecule has 106 valence electrons. The van der Waals surface area contributed by atoms with Crippen molar-refractivity contribution in [3.63, 3.8) is 0 Å². The van der Waals surface area contributed by atoms with Gasteiger partial charge >= 0.3 is 0 Å². The SMILES string of the molecule is CCCNCC1CCN(c2cc(F)c(C)cc2F)C1. The number of nitrogens with zero attached hydrogens (tertiary/aromatic N) is 1. The van der Waals surface area contributed by atoms with Gasteiger partial charge in [0.05, 0.1) is 5.69 Å². The fourth-order valence-electron chi connectivity index (χ4n) is 2.58. The third-order valence-electron chi connectivity index (χ3n) is 3.71. The Morgan fingerprint density at radius 1 is 1.32 bits per heavy atom. The summed E-state index contributed by atoms with van der Waals surface area (Å²) in [5.41, 5.74) is 0.766. The van der Waals surface area contributed by atoms with Gasteiger partial charge in [0.1, 0.15) is 11.6 Å². The van der Waals surface area contributed by atoms with E-state index in [9.17, 15) is 8.78 Å². The first kappa shape index (κ1) is 14.3. The average Bonchev–Trinajstić information content (AvgIpc) is 2.83. The molecule has 4 heteroatoms. The van der Waals surface area contributed by atoms with E-state index in [2.05, 4.69) is 12.2 Å². The average molecular weight is 268 g/mol. The predicted octanol–water partition coefficient (Wildman–Crippen LogP) is 3.10. The number of nitrogens with one attached hydrogen (secondary N) is 1. The number of hydrogen-bond donors (Lipinski definition) is 1. The molecule has 0 radical (unpaired) electrons. The Kier molecular flexibility index (Phi) is 4.75. The third-order valence-corrected chi connectivity index (χ3v) is 3.71. The van der Waals surface area contributed by atoms with Crippen LogP contribution in [0.2, 0.25) is 0 Å². The fourth-order valence-corrected chi connectivity index (χ4v) is 2.58. The van der Waals surface area contributed by atoms with Gasteiger partial charge in [0.25, 0.3) is 0 Å². The van der Waals surface area contributed by atoms with Crippen LogP contribution in [0.4, 0.5) is 14.5 Å². The van der Waals surface area contributed by atoms with Gasteiger partial charge in [-0.2, -0.15) is 0 Å². The first-order valence-corrected chi connectivity index (χ1v) is 7.03. The first-order chi connectivity index (χ1) is 9.11. The minimum absolute atomic E-state index is 0.318. The maximum absolute atomic E-state index is 13.9. The van der Waals surface area contributed by atoms with Crippen LogP contribution in [0.5, 0.6) is 0 Å². The van der Waals surface area contributed by atoms with Crippen molar-refractivity contribution in [2.24, 2.45) is 5.92 Å². The highest BCUT2D eigenvalue weighted by Gasteiger charge is 2.24. The van der Waals surface area contributed by atoms with Crippen molar-refractivity contribution in [1.29, 1.82) is 0 Å². The number of rotatable bonds is 5. The molecule has 0 saturated carbocycles. The molecule has 0 amide bonds. The summed E-state index contributed by atoms with van der Waals surface area (Å²) in [6.07, 6.45) is 2.15. The number of halogens is 2. The molecule has 1 atom stereocenters. The molecule has 2 rings (SSSR count). The lowest BCUT2D eigenvalue weighted by Crippen LogP contribution is -2.27. The van der Waals surface area contributed by atoms with E-state index in [0.29, 0.717) is 17.2 Å². The molecule has 1 unspecified atom stereocenters. The van der Waals surface area contributed by atoms with Gasteiger partial charge in [0.2, 0.25) is 0 Å². The van der Waals surface area contributed by atoms with Gasteiger partial charge in [-0.15, -0.1) is 0 Å². The van der Waals surface area contributed by atoms with Gasteiger partial charge in [-0.25, -0.2) is 8.78 Å². The molecule has 1 aliphatic heterocycles. The van der Waals surface area contributed by atoms with Gasteiger partial charge in [0.15, 0.2) is 0 Å². The van der Waals surface area contributed by atoms with E-state index in [1.165, 1.54) is 12.1 Å². The van der Waals surface area contributed by atoms with Crippen molar-refractivity contribution < 1.29 is 8.78 Å². The van der Waals surface area contributed by atoms with Crippen molar-refractivity contribution >= 4 is 5.69 Å². The highest BCUT2D eigenvalue weighted by Crippen LogP contribution is 2.28. The van der Waals surface area contributed by atoms with Gasteiger partial charge in [-0.1, -0.05) is 6.92 Å². The summed E-state index contributed by atoms with van der Waals surface area (Å²) in [5, 5.41) is 3.39. The van der Waals surface area contributed by atoms with Crippen LogP contribution in [0.1, 0.15) is 25.3 Å². The van der Waals surface area contributed by atoms with E-state index >= 15 is 0 Å². The fraction of sp³-hybridized carbons (Fsp3) is 0.600. The molecule has 1 aliphatic rings. The second kappa shape index (κ2) is 6.33. The molecule has 0 spiro atoms. The Morgan fingerprint density at radius 3 is 2.84 bits per heavy atom. The Bertz CT molecular complexity index is 434. The summed E-state index contributed by atoms with van der Waals surface area (Å²) < 4.78 is 27.4. The van der Waals surface area contributed by atoms with E-state index < -0.39 is 0 Å². The van der Waals surface area contributed by atoms with Gasteiger partial charge < -0.3 is 10.2 Å². The smallest absolute Gasteiger partial charge is 0.146 e. The number of benzene rings is 1. The first-order valence-electron chi connectivity index (χ1n) is 7.03. The summed E-state index contributed by atoms with van der Waals surface area (Å²) in [6, 6.07) is 2.61. The Labute approximate surface area is 113 Å². The lowest BCUT2D eigenvalue weighted by molar-refractivity contribution is 0.515. The zero-order chi connectivity index (χ0) is 13.8. The summed E-state index contributed by atoms with van der Waals surface area (Å²) in [7, 11) is 0. The lowest BCUT2D eigenvalue weighted by atomic mass is 10.1. The predicted molar refractivity (Wildman–Crippen MR) is 74.6 cm³/mol. The van der Waals surface area contributed by atoms with Crippen molar-refractivity contribution in [1.82, 2.24) is 5.32 Å². The molecule has 0 bridgehead atoms. The summed E-state index contributed by atoms with van der Waals surface area (Å²) in [6.45, 7) is 7.31. The minimum atomic E-state index is -0.330. The molecule has 1 aromatic carbocycles. The van der Waals surface area contributed by atoms with Gasteiger partial charge in [-0.3, -0.25) is 0 Å². The Hall–Kier alpha value is -1.16. The highest BCUT2D eigenvalue weighted by atomic mass is 19.1. The van der Waals surface area contributed by atoms with Crippen LogP contribution < -0.4 is 10.2 Å². The van der Waals surface area contributed by atoms with Crippen LogP contribution in [0.15, 0.2) is 12.1 Å². The molecule has 0 aromatic heterocycles. The van der Waals surface area contributed by atoms with Crippen molar-refractivity contribution in [3.8, 4) is 0 Å². The van der Waals surface area contributed by atoms with Crippen LogP contribution in [-0.2, 0) is 0 Å². The monoisotopic (exact) mass is 268 g/mol. The standard InChI is InChI=1S/C15H22F2N2/c1-3-5-18-9-12-4-6-19(10-12)15-8-13(16)11(2)7-14(15)17/h7-8,12,18H,3-6,9-10H2,1-2H3. The summed E-state index contributed by atoms with van der Waals surface area (Å²) >= 11 is 0. The van der Waals surface area contributed by atoms with E-state index in [4.69, 9.17) is 0 Å². The molecule has 1 heterocycles. The van der Waals surface area contributed by atoms with Crippen LogP contribution in [0.3, 0.4) is 0 Å². The molecule has 1 saturated heterocycles. The van der Waals surface area contributed by atoms with Gasteiger partial charge in [0, 0.05) is 19.2 Å². The molecule has 1 aromatic rings. The Morgan fingerprint density at radius 2 is 2.11 bits per heavy atom. The lowest BCUT2D eigenvalue weighted by Gasteiger charge is -2.20. The second-order valence-corrected chi connectivity index (χ2v) is 5.36. The molecular formula is C15H22F2N2. The maximum Gasteiger partial charge on any atom is 0.146 e. The molecule has 0 aliphatic carbocycles. The summed E-state index contributed by atoms with van der Waals surface area (Å²) in [4.78, 5) is 1.95. The number of hydrogen-bond acceptors (Lipinski definition) is 2. The van der Waals surface area contributed by atoms with E-state index in [-0.39, 0.29) is 11.6 Å². The van der Waals surface area contributed by atoms with Crippen molar-refractivity contribution in [2.75, 3.05) is 31.1 Å².